The first kappa shape index (κ1) is 44.1. The van der Waals surface area contributed by atoms with Gasteiger partial charge in [0, 0.05) is 86.1 Å². The van der Waals surface area contributed by atoms with E-state index in [1.807, 2.05) is 82.4 Å². The Morgan fingerprint density at radius 1 is 0.688 bits per heavy atom. The van der Waals surface area contributed by atoms with Crippen LogP contribution in [0.5, 0.6) is 11.5 Å². The predicted octanol–water partition coefficient (Wildman–Crippen LogP) is 5.78. The lowest BCUT2D eigenvalue weighted by molar-refractivity contribution is -0.132. The van der Waals surface area contributed by atoms with E-state index in [0.29, 0.717) is 49.7 Å². The molecule has 2 heterocycles. The number of allylic oxidation sites excluding steroid dienone is 3. The Kier molecular flexibility index (Phi) is 13.5. The van der Waals surface area contributed by atoms with E-state index in [9.17, 15) is 19.5 Å². The van der Waals surface area contributed by atoms with Gasteiger partial charge in [0.1, 0.15) is 40.4 Å². The summed E-state index contributed by atoms with van der Waals surface area (Å²) in [5.41, 5.74) is 4.14. The van der Waals surface area contributed by atoms with Gasteiger partial charge in [0.15, 0.2) is 5.78 Å². The highest BCUT2D eigenvalue weighted by atomic mass is 35.5. The highest BCUT2D eigenvalue weighted by molar-refractivity contribution is 7.95. The van der Waals surface area contributed by atoms with E-state index in [2.05, 4.69) is 91.0 Å². The molecule has 0 bridgehead atoms. The summed E-state index contributed by atoms with van der Waals surface area (Å²) in [7, 11) is -0.0182. The first-order valence-electron chi connectivity index (χ1n) is 21.8. The molecule has 2 atom stereocenters. The van der Waals surface area contributed by atoms with Crippen LogP contribution in [0.25, 0.3) is 0 Å². The molecular formula is C54H51ClN3O5P. The maximum absolute atomic E-state index is 14.5. The lowest BCUT2D eigenvalue weighted by Crippen LogP contribution is -3.00. The van der Waals surface area contributed by atoms with Crippen molar-refractivity contribution in [3.05, 3.63) is 198 Å². The molecule has 6 aromatic rings. The zero-order chi connectivity index (χ0) is 43.3. The summed E-state index contributed by atoms with van der Waals surface area (Å²) in [6.45, 7) is 1.87. The van der Waals surface area contributed by atoms with Gasteiger partial charge in [0.2, 0.25) is 5.91 Å². The topological polar surface area (TPSA) is 90.4 Å². The van der Waals surface area contributed by atoms with E-state index in [4.69, 9.17) is 4.74 Å². The minimum atomic E-state index is -1.96. The number of halogens is 1. The highest BCUT2D eigenvalue weighted by Gasteiger charge is 2.45. The molecule has 1 saturated heterocycles. The fourth-order valence-electron chi connectivity index (χ4n) is 9.49. The van der Waals surface area contributed by atoms with E-state index in [-0.39, 0.29) is 47.6 Å². The van der Waals surface area contributed by atoms with E-state index in [0.717, 1.165) is 41.5 Å². The molecule has 9 rings (SSSR count). The molecule has 64 heavy (non-hydrogen) atoms. The fraction of sp³-hybridized carbons (Fsp3) is 0.204. The van der Waals surface area contributed by atoms with Crippen LogP contribution in [-0.2, 0) is 9.59 Å². The van der Waals surface area contributed by atoms with Crippen LogP contribution in [0.3, 0.4) is 0 Å². The van der Waals surface area contributed by atoms with Gasteiger partial charge >= 0.3 is 0 Å². The summed E-state index contributed by atoms with van der Waals surface area (Å²) in [6.07, 6.45) is 8.17. The molecule has 0 spiro atoms. The van der Waals surface area contributed by atoms with Crippen molar-refractivity contribution >= 4 is 52.1 Å². The number of nitrogens with zero attached hydrogens (tertiary/aromatic N) is 3. The van der Waals surface area contributed by atoms with Crippen LogP contribution in [0.2, 0.25) is 0 Å². The summed E-state index contributed by atoms with van der Waals surface area (Å²) < 4.78 is 6.46. The molecule has 3 aliphatic rings. The molecule has 1 aliphatic carbocycles. The van der Waals surface area contributed by atoms with E-state index in [1.54, 1.807) is 24.3 Å². The minimum absolute atomic E-state index is 0. The van der Waals surface area contributed by atoms with E-state index in [1.165, 1.54) is 15.9 Å². The van der Waals surface area contributed by atoms with Gasteiger partial charge in [-0.2, -0.15) is 0 Å². The van der Waals surface area contributed by atoms with Crippen molar-refractivity contribution in [2.24, 2.45) is 5.92 Å². The minimum Gasteiger partial charge on any atom is -1.00 e. The third kappa shape index (κ3) is 8.86. The number of phenols is 1. The normalized spacial score (nSPS) is 16.7. The van der Waals surface area contributed by atoms with Gasteiger partial charge in [-0.25, -0.2) is 0 Å². The number of amides is 2. The average Bonchev–Trinajstić information content (AvgIpc) is 3.33. The zero-order valence-corrected chi connectivity index (χ0v) is 37.5. The number of phenolic OH excluding ortho intramolecular Hbond substituents is 1. The maximum atomic E-state index is 14.5. The summed E-state index contributed by atoms with van der Waals surface area (Å²) in [4.78, 5) is 46.7. The third-order valence-electron chi connectivity index (χ3n) is 12.8. The zero-order valence-electron chi connectivity index (χ0n) is 35.8. The second-order valence-electron chi connectivity index (χ2n) is 16.5. The number of anilines is 2. The van der Waals surface area contributed by atoms with Gasteiger partial charge in [-0.3, -0.25) is 14.4 Å². The van der Waals surface area contributed by atoms with Crippen molar-refractivity contribution in [2.45, 2.75) is 25.2 Å². The van der Waals surface area contributed by atoms with Crippen molar-refractivity contribution in [1.29, 1.82) is 0 Å². The van der Waals surface area contributed by atoms with Crippen molar-refractivity contribution in [3.63, 3.8) is 0 Å². The SMILES string of the molecule is CN(c1ccc(O)cc1)c1ccc2c(c1)OC1=CC(=O)C=CC1C2c1ccccc1C(=O)N1CCN(C(=O)CCCC[P+](c2ccccc2)(c2ccccc2)c2ccccc2)CC1.[Cl-]. The largest absolute Gasteiger partial charge is 1.00 e. The molecule has 10 heteroatoms. The van der Waals surface area contributed by atoms with Crippen LogP contribution in [0, 0.1) is 5.92 Å². The molecule has 8 nitrogen and oxygen atoms in total. The predicted molar refractivity (Wildman–Crippen MR) is 254 cm³/mol. The van der Waals surface area contributed by atoms with Gasteiger partial charge < -0.3 is 37.0 Å². The van der Waals surface area contributed by atoms with Crippen LogP contribution < -0.4 is 38.0 Å². The Morgan fingerprint density at radius 3 is 1.88 bits per heavy atom. The molecule has 324 valence electrons. The van der Waals surface area contributed by atoms with Crippen molar-refractivity contribution in [3.8, 4) is 11.5 Å². The van der Waals surface area contributed by atoms with Crippen molar-refractivity contribution < 1.29 is 36.6 Å². The number of hydrogen-bond donors (Lipinski definition) is 1. The van der Waals surface area contributed by atoms with E-state index < -0.39 is 7.26 Å². The Bertz CT molecular complexity index is 2570. The quantitative estimate of drug-likeness (QED) is 0.124. The Balaban J connectivity index is 0.00000560. The molecule has 2 unspecified atom stereocenters. The number of aromatic hydroxyl groups is 1. The first-order valence-corrected chi connectivity index (χ1v) is 23.8. The Labute approximate surface area is 382 Å². The number of fused-ring (bicyclic) bond motifs is 2. The number of hydrogen-bond acceptors (Lipinski definition) is 6. The van der Waals surface area contributed by atoms with E-state index >= 15 is 0 Å². The van der Waals surface area contributed by atoms with Crippen LogP contribution in [0.15, 0.2) is 182 Å². The van der Waals surface area contributed by atoms with Gasteiger partial charge in [0.25, 0.3) is 5.91 Å². The number of unbranched alkanes of at least 4 members (excludes halogenated alkanes) is 1. The molecule has 1 fully saturated rings. The molecule has 2 amide bonds. The number of carbonyl (C=O) groups excluding carboxylic acids is 3. The number of rotatable bonds is 12. The number of piperazine rings is 1. The number of carbonyl (C=O) groups is 3. The summed E-state index contributed by atoms with van der Waals surface area (Å²) in [6, 6.07) is 53.4. The van der Waals surface area contributed by atoms with Gasteiger partial charge in [-0.1, -0.05) is 84.9 Å². The number of benzene rings is 6. The molecule has 0 aromatic heterocycles. The average molecular weight is 888 g/mol. The van der Waals surface area contributed by atoms with Crippen LogP contribution >= 0.6 is 7.26 Å². The molecule has 0 saturated carbocycles. The molecule has 1 N–H and O–H groups in total. The van der Waals surface area contributed by atoms with Crippen LogP contribution in [0.1, 0.15) is 46.7 Å². The first-order chi connectivity index (χ1) is 30.8. The highest BCUT2D eigenvalue weighted by Crippen LogP contribution is 2.56. The van der Waals surface area contributed by atoms with Crippen LogP contribution in [-0.4, -0.2) is 71.9 Å². The third-order valence-corrected chi connectivity index (χ3v) is 17.3. The van der Waals surface area contributed by atoms with Crippen molar-refractivity contribution in [1.82, 2.24) is 9.80 Å². The standard InChI is InChI=1S/C54H50N3O5P.ClH/c1-55(39-24-27-41(58)28-25-39)40-26-30-48-50(37-40)62-51-38-42(59)29-31-49(51)53(48)46-21-11-12-22-47(46)54(61)57-34-32-56(33-35-57)52(60)23-13-14-36-63(43-15-5-2-6-16-43,44-17-7-3-8-18-44)45-19-9-4-10-20-45;/h2-12,15-22,24-31,37-38,49,53H,13-14,23,32-36H2,1H3;1H. The lowest BCUT2D eigenvalue weighted by atomic mass is 9.74. The molecule has 6 aromatic carbocycles. The van der Waals surface area contributed by atoms with Gasteiger partial charge in [-0.05, 0) is 97.3 Å². The van der Waals surface area contributed by atoms with Gasteiger partial charge in [0.05, 0.1) is 6.16 Å². The fourth-order valence-corrected chi connectivity index (χ4v) is 13.9. The lowest BCUT2D eigenvalue weighted by Gasteiger charge is -2.38. The Hall–Kier alpha value is -6.47. The summed E-state index contributed by atoms with van der Waals surface area (Å²) >= 11 is 0. The number of ether oxygens (including phenoxy) is 1. The second kappa shape index (κ2) is 19.5. The smallest absolute Gasteiger partial charge is 0.254 e. The van der Waals surface area contributed by atoms with Gasteiger partial charge in [-0.15, -0.1) is 0 Å². The Morgan fingerprint density at radius 2 is 1.25 bits per heavy atom. The monoisotopic (exact) mass is 887 g/mol. The molecule has 2 aliphatic heterocycles. The second-order valence-corrected chi connectivity index (χ2v) is 20.1. The maximum Gasteiger partial charge on any atom is 0.254 e. The van der Waals surface area contributed by atoms with Crippen molar-refractivity contribution in [2.75, 3.05) is 44.3 Å². The summed E-state index contributed by atoms with van der Waals surface area (Å²) in [5.74, 6) is 0.724. The molecular weight excluding hydrogens is 837 g/mol. The summed E-state index contributed by atoms with van der Waals surface area (Å²) in [5, 5.41) is 13.9. The van der Waals surface area contributed by atoms with Crippen LogP contribution in [0.4, 0.5) is 11.4 Å². The number of ketones is 1. The molecule has 0 radical (unpaired) electrons.